The Morgan fingerprint density at radius 1 is 0.341 bits per heavy atom. The van der Waals surface area contributed by atoms with E-state index in [-0.39, 0.29) is 5.97 Å². The molecule has 0 aliphatic heterocycles. The lowest BCUT2D eigenvalue weighted by atomic mass is 10.1. The van der Waals surface area contributed by atoms with Crippen LogP contribution in [0.1, 0.15) is 84.5 Å². The van der Waals surface area contributed by atoms with Gasteiger partial charge in [-0.3, -0.25) is 4.79 Å². The molecule has 0 bridgehead atoms. The molecule has 0 N–H and O–H groups in total. The molecule has 0 fully saturated rings. The first-order valence-electron chi connectivity index (χ1n) is 16.1. The molecule has 0 unspecified atom stereocenters. The van der Waals surface area contributed by atoms with Crippen molar-refractivity contribution in [3.63, 3.8) is 0 Å². The fraction of sp³-hybridized carbons (Fsp3) is 0.968. The van der Waals surface area contributed by atoms with E-state index in [1.165, 1.54) is 44.9 Å². The Hall–Kier alpha value is -0.850. The highest BCUT2D eigenvalue weighted by molar-refractivity contribution is 5.69. The van der Waals surface area contributed by atoms with Crippen LogP contribution in [0.4, 0.5) is 0 Å². The van der Waals surface area contributed by atoms with E-state index in [0.29, 0.717) is 112 Å². The summed E-state index contributed by atoms with van der Waals surface area (Å²) in [5.74, 6) is -0.135. The molecule has 0 amide bonds. The van der Waals surface area contributed by atoms with E-state index < -0.39 is 0 Å². The third kappa shape index (κ3) is 37.1. The van der Waals surface area contributed by atoms with Gasteiger partial charge in [0, 0.05) is 13.0 Å². The Kier molecular flexibility index (Phi) is 36.4. The fourth-order valence-corrected chi connectivity index (χ4v) is 3.61. The van der Waals surface area contributed by atoms with Gasteiger partial charge in [-0.15, -0.1) is 0 Å². The monoisotopic (exact) mass is 594 g/mol. The zero-order valence-electron chi connectivity index (χ0n) is 26.4. The molecule has 0 aliphatic rings. The van der Waals surface area contributed by atoms with E-state index in [1.54, 1.807) is 0 Å². The smallest absolute Gasteiger partial charge is 0.305 e. The second-order valence-corrected chi connectivity index (χ2v) is 9.70. The van der Waals surface area contributed by atoms with Crippen LogP contribution in [0.5, 0.6) is 0 Å². The summed E-state index contributed by atoms with van der Waals surface area (Å²) in [6, 6.07) is 0. The van der Waals surface area contributed by atoms with Crippen LogP contribution in [0, 0.1) is 0 Å². The van der Waals surface area contributed by atoms with Crippen molar-refractivity contribution in [2.24, 2.45) is 0 Å². The first kappa shape index (κ1) is 40.1. The molecule has 0 radical (unpaired) electrons. The first-order valence-corrected chi connectivity index (χ1v) is 16.1. The van der Waals surface area contributed by atoms with E-state index in [0.717, 1.165) is 25.9 Å². The minimum absolute atomic E-state index is 0.135. The number of unbranched alkanes of at least 4 members (excludes halogenated alkanes) is 8. The fourth-order valence-electron chi connectivity index (χ4n) is 3.61. The number of hydrogen-bond acceptors (Lipinski definition) is 10. The van der Waals surface area contributed by atoms with Crippen LogP contribution in [0.15, 0.2) is 0 Å². The number of carbonyl (C=O) groups excluding carboxylic acids is 1. The van der Waals surface area contributed by atoms with Crippen LogP contribution in [0.3, 0.4) is 0 Å². The molecule has 41 heavy (non-hydrogen) atoms. The third-order valence-corrected chi connectivity index (χ3v) is 5.97. The number of hydrogen-bond donors (Lipinski definition) is 0. The van der Waals surface area contributed by atoms with Crippen LogP contribution < -0.4 is 0 Å². The number of ether oxygens (including phenoxy) is 9. The third-order valence-electron chi connectivity index (χ3n) is 5.97. The molecule has 246 valence electrons. The lowest BCUT2D eigenvalue weighted by Crippen LogP contribution is -2.15. The minimum Gasteiger partial charge on any atom is -0.463 e. The van der Waals surface area contributed by atoms with E-state index >= 15 is 0 Å². The van der Waals surface area contributed by atoms with Crippen molar-refractivity contribution in [3.8, 4) is 0 Å². The van der Waals surface area contributed by atoms with Gasteiger partial charge in [0.15, 0.2) is 0 Å². The summed E-state index contributed by atoms with van der Waals surface area (Å²) in [5.41, 5.74) is 0. The van der Waals surface area contributed by atoms with Crippen LogP contribution in [-0.2, 0) is 47.4 Å². The molecule has 0 atom stereocenters. The van der Waals surface area contributed by atoms with E-state index in [1.807, 2.05) is 0 Å². The summed E-state index contributed by atoms with van der Waals surface area (Å²) in [6.45, 7) is 13.4. The minimum atomic E-state index is -0.135. The van der Waals surface area contributed by atoms with Gasteiger partial charge in [0.2, 0.25) is 0 Å². The highest BCUT2D eigenvalue weighted by Gasteiger charge is 2.02. The van der Waals surface area contributed by atoms with Crippen LogP contribution in [-0.4, -0.2) is 118 Å². The van der Waals surface area contributed by atoms with Gasteiger partial charge in [0.1, 0.15) is 6.61 Å². The van der Waals surface area contributed by atoms with Crippen LogP contribution in [0.2, 0.25) is 0 Å². The summed E-state index contributed by atoms with van der Waals surface area (Å²) in [5, 5.41) is 0. The van der Waals surface area contributed by atoms with Crippen molar-refractivity contribution >= 4 is 5.97 Å². The van der Waals surface area contributed by atoms with Crippen molar-refractivity contribution in [3.05, 3.63) is 0 Å². The molecule has 0 saturated heterocycles. The summed E-state index contributed by atoms with van der Waals surface area (Å²) in [4.78, 5) is 11.7. The highest BCUT2D eigenvalue weighted by atomic mass is 16.6. The van der Waals surface area contributed by atoms with Crippen LogP contribution >= 0.6 is 0 Å². The van der Waals surface area contributed by atoms with Crippen molar-refractivity contribution in [1.29, 1.82) is 0 Å². The Labute approximate surface area is 250 Å². The molecule has 0 saturated carbocycles. The average Bonchev–Trinajstić information content (AvgIpc) is 2.98. The zero-order valence-corrected chi connectivity index (χ0v) is 26.4. The van der Waals surface area contributed by atoms with Gasteiger partial charge in [-0.2, -0.15) is 0 Å². The van der Waals surface area contributed by atoms with Crippen molar-refractivity contribution < 1.29 is 47.4 Å². The van der Waals surface area contributed by atoms with E-state index in [2.05, 4.69) is 13.8 Å². The van der Waals surface area contributed by atoms with Gasteiger partial charge in [0.25, 0.3) is 0 Å². The Morgan fingerprint density at radius 2 is 0.634 bits per heavy atom. The largest absolute Gasteiger partial charge is 0.463 e. The highest BCUT2D eigenvalue weighted by Crippen LogP contribution is 2.08. The number of carbonyl (C=O) groups is 1. The molecule has 0 aliphatic carbocycles. The summed E-state index contributed by atoms with van der Waals surface area (Å²) in [7, 11) is 0. The number of rotatable bonds is 36. The Bertz CT molecular complexity index is 496. The Balaban J connectivity index is 3.09. The van der Waals surface area contributed by atoms with E-state index in [4.69, 9.17) is 42.6 Å². The molecular weight excluding hydrogens is 532 g/mol. The van der Waals surface area contributed by atoms with Gasteiger partial charge < -0.3 is 42.6 Å². The van der Waals surface area contributed by atoms with Crippen molar-refractivity contribution in [2.45, 2.75) is 84.5 Å². The molecule has 10 heteroatoms. The van der Waals surface area contributed by atoms with Crippen molar-refractivity contribution in [1.82, 2.24) is 0 Å². The standard InChI is InChI=1S/C31H62O10/c1-3-5-7-8-9-10-11-13-31(32)41-30-29-40-28-27-39-26-25-38-24-23-37-22-21-36-20-19-35-18-17-34-16-15-33-14-12-6-4-2/h3-30H2,1-2H3. The van der Waals surface area contributed by atoms with Gasteiger partial charge in [-0.25, -0.2) is 0 Å². The lowest BCUT2D eigenvalue weighted by molar-refractivity contribution is -0.145. The van der Waals surface area contributed by atoms with E-state index in [9.17, 15) is 4.79 Å². The maximum Gasteiger partial charge on any atom is 0.305 e. The van der Waals surface area contributed by atoms with Crippen molar-refractivity contribution in [2.75, 3.05) is 112 Å². The van der Waals surface area contributed by atoms with Gasteiger partial charge in [-0.05, 0) is 12.8 Å². The zero-order chi connectivity index (χ0) is 29.7. The molecule has 0 rings (SSSR count). The summed E-state index contributed by atoms with van der Waals surface area (Å²) < 4.78 is 48.9. The predicted octanol–water partition coefficient (Wildman–Crippen LogP) is 4.99. The topological polar surface area (TPSA) is 100 Å². The quantitative estimate of drug-likeness (QED) is 0.0728. The normalized spacial score (nSPS) is 11.4. The second-order valence-electron chi connectivity index (χ2n) is 9.70. The lowest BCUT2D eigenvalue weighted by Gasteiger charge is -2.09. The predicted molar refractivity (Wildman–Crippen MR) is 160 cm³/mol. The molecule has 0 aromatic rings. The number of esters is 1. The first-order chi connectivity index (χ1) is 20.3. The van der Waals surface area contributed by atoms with Crippen LogP contribution in [0.25, 0.3) is 0 Å². The van der Waals surface area contributed by atoms with Gasteiger partial charge in [0.05, 0.1) is 99.1 Å². The Morgan fingerprint density at radius 3 is 1.02 bits per heavy atom. The maximum absolute atomic E-state index is 11.7. The SMILES string of the molecule is CCCCCCCCCC(=O)OCCOCCOCCOCCOCCOCCOCCOCCOCCCCC. The molecule has 0 aromatic carbocycles. The molecule has 10 nitrogen and oxygen atoms in total. The van der Waals surface area contributed by atoms with Gasteiger partial charge in [-0.1, -0.05) is 65.2 Å². The van der Waals surface area contributed by atoms with Gasteiger partial charge >= 0.3 is 5.97 Å². The maximum atomic E-state index is 11.7. The summed E-state index contributed by atoms with van der Waals surface area (Å²) >= 11 is 0. The average molecular weight is 595 g/mol. The summed E-state index contributed by atoms with van der Waals surface area (Å²) in [6.07, 6.45) is 12.4. The molecule has 0 heterocycles. The second kappa shape index (κ2) is 37.2. The molecule has 0 aromatic heterocycles. The molecular formula is C31H62O10. The molecule has 0 spiro atoms.